The molecule has 0 fully saturated rings. The van der Waals surface area contributed by atoms with Gasteiger partial charge < -0.3 is 5.11 Å². The number of ketones is 2. The second-order valence-electron chi connectivity index (χ2n) is 7.83. The number of allylic oxidation sites excluding steroid dienone is 1. The number of hydrogen-bond donors (Lipinski definition) is 1. The molecule has 0 heterocycles. The predicted octanol–water partition coefficient (Wildman–Crippen LogP) is 5.04. The molecule has 0 saturated carbocycles. The second kappa shape index (κ2) is 6.91. The zero-order valence-electron chi connectivity index (χ0n) is 15.5. The summed E-state index contributed by atoms with van der Waals surface area (Å²) in [5, 5.41) is 10.4. The Morgan fingerprint density at radius 1 is 0.808 bits per heavy atom. The first-order chi connectivity index (χ1) is 12.3. The number of aliphatic hydroxyl groups excluding tert-OH is 1. The molecular formula is C23H24O3. The molecule has 0 radical (unpaired) electrons. The summed E-state index contributed by atoms with van der Waals surface area (Å²) in [4.78, 5) is 24.6. The number of aryl methyl sites for hydroxylation is 1. The molecule has 3 heteroatoms. The van der Waals surface area contributed by atoms with E-state index in [-0.39, 0.29) is 22.3 Å². The maximum absolute atomic E-state index is 12.3. The van der Waals surface area contributed by atoms with Gasteiger partial charge >= 0.3 is 0 Å². The summed E-state index contributed by atoms with van der Waals surface area (Å²) in [6.45, 7) is 6.54. The van der Waals surface area contributed by atoms with Gasteiger partial charge in [-0.05, 0) is 35.8 Å². The van der Waals surface area contributed by atoms with Crippen LogP contribution < -0.4 is 0 Å². The zero-order chi connectivity index (χ0) is 18.9. The summed E-state index contributed by atoms with van der Waals surface area (Å²) in [5.74, 6) is -1.15. The summed E-state index contributed by atoms with van der Waals surface area (Å²) < 4.78 is 0. The minimum Gasteiger partial charge on any atom is -0.507 e. The summed E-state index contributed by atoms with van der Waals surface area (Å²) in [5.41, 5.74) is 3.58. The van der Waals surface area contributed by atoms with E-state index < -0.39 is 11.6 Å². The van der Waals surface area contributed by atoms with Crippen LogP contribution >= 0.6 is 0 Å². The molecule has 0 atom stereocenters. The van der Waals surface area contributed by atoms with Crippen LogP contribution in [-0.4, -0.2) is 16.7 Å². The Labute approximate surface area is 154 Å². The number of aliphatic hydroxyl groups is 1. The van der Waals surface area contributed by atoms with Crippen molar-refractivity contribution in [3.63, 3.8) is 0 Å². The highest BCUT2D eigenvalue weighted by atomic mass is 16.3. The summed E-state index contributed by atoms with van der Waals surface area (Å²) in [7, 11) is 0. The lowest BCUT2D eigenvalue weighted by atomic mass is 9.85. The third-order valence-electron chi connectivity index (χ3n) is 4.91. The van der Waals surface area contributed by atoms with Gasteiger partial charge in [0.25, 0.3) is 0 Å². The van der Waals surface area contributed by atoms with Crippen LogP contribution in [0.2, 0.25) is 0 Å². The minimum atomic E-state index is -0.579. The van der Waals surface area contributed by atoms with Crippen molar-refractivity contribution < 1.29 is 14.7 Å². The lowest BCUT2D eigenvalue weighted by Crippen LogP contribution is -2.24. The normalized spacial score (nSPS) is 14.6. The molecule has 0 spiro atoms. The SMILES string of the molecule is CC(C)(C)c1ccc(CCCC2=C(O)c3ccccc3C(=O)C2=O)cc1. The monoisotopic (exact) mass is 348 g/mol. The van der Waals surface area contributed by atoms with Crippen LogP contribution in [0.5, 0.6) is 0 Å². The van der Waals surface area contributed by atoms with Crippen molar-refractivity contribution in [1.82, 2.24) is 0 Å². The molecule has 0 bridgehead atoms. The first-order valence-corrected chi connectivity index (χ1v) is 8.99. The van der Waals surface area contributed by atoms with Crippen molar-refractivity contribution in [3.8, 4) is 0 Å². The number of carbonyl (C=O) groups excluding carboxylic acids is 2. The van der Waals surface area contributed by atoms with Crippen LogP contribution in [0.25, 0.3) is 5.76 Å². The largest absolute Gasteiger partial charge is 0.507 e. The minimum absolute atomic E-state index is 0.0479. The Bertz CT molecular complexity index is 880. The van der Waals surface area contributed by atoms with Gasteiger partial charge in [0.05, 0.1) is 0 Å². The van der Waals surface area contributed by atoms with E-state index in [0.717, 1.165) is 6.42 Å². The van der Waals surface area contributed by atoms with Crippen LogP contribution in [0.15, 0.2) is 54.1 Å². The van der Waals surface area contributed by atoms with Gasteiger partial charge in [0, 0.05) is 16.7 Å². The quantitative estimate of drug-likeness (QED) is 0.787. The van der Waals surface area contributed by atoms with Crippen LogP contribution in [0.1, 0.15) is 60.7 Å². The van der Waals surface area contributed by atoms with Crippen LogP contribution in [0, 0.1) is 0 Å². The Morgan fingerprint density at radius 3 is 2.04 bits per heavy atom. The van der Waals surface area contributed by atoms with Gasteiger partial charge in [-0.1, -0.05) is 69.3 Å². The number of hydrogen-bond acceptors (Lipinski definition) is 3. The van der Waals surface area contributed by atoms with E-state index in [4.69, 9.17) is 0 Å². The Hall–Kier alpha value is -2.68. The molecule has 0 aliphatic heterocycles. The fourth-order valence-electron chi connectivity index (χ4n) is 3.29. The third-order valence-corrected chi connectivity index (χ3v) is 4.91. The van der Waals surface area contributed by atoms with Crippen molar-refractivity contribution in [2.45, 2.75) is 45.4 Å². The van der Waals surface area contributed by atoms with Gasteiger partial charge in [-0.25, -0.2) is 0 Å². The molecule has 1 aliphatic carbocycles. The summed E-state index contributed by atoms with van der Waals surface area (Å²) in [6.07, 6.45) is 1.89. The van der Waals surface area contributed by atoms with Gasteiger partial charge in [-0.3, -0.25) is 9.59 Å². The Balaban J connectivity index is 1.72. The smallest absolute Gasteiger partial charge is 0.234 e. The molecular weight excluding hydrogens is 324 g/mol. The number of Topliss-reactive ketones (excluding diaryl/α,β-unsaturated/α-hetero) is 2. The predicted molar refractivity (Wildman–Crippen MR) is 103 cm³/mol. The third kappa shape index (κ3) is 3.48. The van der Waals surface area contributed by atoms with Crippen molar-refractivity contribution in [2.24, 2.45) is 0 Å². The maximum atomic E-state index is 12.3. The lowest BCUT2D eigenvalue weighted by Gasteiger charge is -2.19. The Morgan fingerprint density at radius 2 is 1.42 bits per heavy atom. The molecule has 134 valence electrons. The second-order valence-corrected chi connectivity index (χ2v) is 7.83. The highest BCUT2D eigenvalue weighted by molar-refractivity contribution is 6.52. The fourth-order valence-corrected chi connectivity index (χ4v) is 3.29. The average molecular weight is 348 g/mol. The van der Waals surface area contributed by atoms with E-state index in [9.17, 15) is 14.7 Å². The first-order valence-electron chi connectivity index (χ1n) is 8.99. The molecule has 2 aromatic rings. The fraction of sp³-hybridized carbons (Fsp3) is 0.304. The van der Waals surface area contributed by atoms with Crippen molar-refractivity contribution in [2.75, 3.05) is 0 Å². The number of carbonyl (C=O) groups is 2. The summed E-state index contributed by atoms with van der Waals surface area (Å²) in [6, 6.07) is 15.2. The van der Waals surface area contributed by atoms with E-state index in [1.54, 1.807) is 24.3 Å². The molecule has 1 aliphatic rings. The van der Waals surface area contributed by atoms with Gasteiger partial charge in [-0.15, -0.1) is 0 Å². The number of fused-ring (bicyclic) bond motifs is 1. The molecule has 0 saturated heterocycles. The van der Waals surface area contributed by atoms with E-state index in [0.29, 0.717) is 18.4 Å². The molecule has 0 aromatic heterocycles. The van der Waals surface area contributed by atoms with Crippen LogP contribution in [0.3, 0.4) is 0 Å². The Kier molecular flexibility index (Phi) is 4.82. The van der Waals surface area contributed by atoms with Gasteiger partial charge in [0.1, 0.15) is 5.76 Å². The van der Waals surface area contributed by atoms with Crippen LogP contribution in [-0.2, 0) is 16.6 Å². The van der Waals surface area contributed by atoms with Crippen molar-refractivity contribution >= 4 is 17.3 Å². The average Bonchev–Trinajstić information content (AvgIpc) is 2.62. The van der Waals surface area contributed by atoms with Gasteiger partial charge in [0.2, 0.25) is 11.6 Å². The van der Waals surface area contributed by atoms with E-state index >= 15 is 0 Å². The van der Waals surface area contributed by atoms with Crippen molar-refractivity contribution in [3.05, 3.63) is 76.4 Å². The molecule has 3 nitrogen and oxygen atoms in total. The zero-order valence-corrected chi connectivity index (χ0v) is 15.5. The molecule has 2 aromatic carbocycles. The molecule has 0 unspecified atom stereocenters. The standard InChI is InChI=1S/C23H24O3/c1-23(2,3)16-13-11-15(12-14-16)7-6-10-19-20(24)17-8-4-5-9-18(17)21(25)22(19)26/h4-5,8-9,11-14,24H,6-7,10H2,1-3H3. The lowest BCUT2D eigenvalue weighted by molar-refractivity contribution is -0.112. The topological polar surface area (TPSA) is 54.4 Å². The molecule has 26 heavy (non-hydrogen) atoms. The van der Waals surface area contributed by atoms with E-state index in [1.807, 2.05) is 0 Å². The molecule has 1 N–H and O–H groups in total. The van der Waals surface area contributed by atoms with Crippen molar-refractivity contribution in [1.29, 1.82) is 0 Å². The van der Waals surface area contributed by atoms with E-state index in [1.165, 1.54) is 11.1 Å². The van der Waals surface area contributed by atoms with Gasteiger partial charge in [-0.2, -0.15) is 0 Å². The van der Waals surface area contributed by atoms with Crippen LogP contribution in [0.4, 0.5) is 0 Å². The highest BCUT2D eigenvalue weighted by Gasteiger charge is 2.31. The molecule has 3 rings (SSSR count). The maximum Gasteiger partial charge on any atom is 0.234 e. The number of rotatable bonds is 4. The first kappa shape index (κ1) is 18.1. The summed E-state index contributed by atoms with van der Waals surface area (Å²) >= 11 is 0. The highest BCUT2D eigenvalue weighted by Crippen LogP contribution is 2.30. The molecule has 0 amide bonds. The number of benzene rings is 2. The van der Waals surface area contributed by atoms with E-state index in [2.05, 4.69) is 45.0 Å². The van der Waals surface area contributed by atoms with Gasteiger partial charge in [0.15, 0.2) is 0 Å².